The Hall–Kier alpha value is -2.75. The fourth-order valence-corrected chi connectivity index (χ4v) is 3.56. The van der Waals surface area contributed by atoms with Crippen molar-refractivity contribution < 1.29 is 13.2 Å². The van der Waals surface area contributed by atoms with Gasteiger partial charge in [0.2, 0.25) is 5.88 Å². The van der Waals surface area contributed by atoms with Gasteiger partial charge in [0.15, 0.2) is 9.84 Å². The van der Waals surface area contributed by atoms with Gasteiger partial charge in [0.05, 0.1) is 34.6 Å². The first-order valence-electron chi connectivity index (χ1n) is 8.42. The van der Waals surface area contributed by atoms with Gasteiger partial charge in [-0.1, -0.05) is 0 Å². The number of anilines is 2. The van der Waals surface area contributed by atoms with Gasteiger partial charge in [0, 0.05) is 37.0 Å². The number of rotatable bonds is 6. The van der Waals surface area contributed by atoms with Gasteiger partial charge >= 0.3 is 0 Å². The molecule has 0 radical (unpaired) electrons. The molecule has 0 aromatic carbocycles. The Bertz CT molecular complexity index is 970. The maximum atomic E-state index is 11.6. The van der Waals surface area contributed by atoms with Crippen LogP contribution < -0.4 is 15.4 Å². The Morgan fingerprint density at radius 3 is 2.63 bits per heavy atom. The molecule has 1 aliphatic rings. The molecule has 2 aromatic rings. The van der Waals surface area contributed by atoms with Gasteiger partial charge in [-0.25, -0.2) is 23.4 Å². The third kappa shape index (κ3) is 4.16. The summed E-state index contributed by atoms with van der Waals surface area (Å²) in [5.41, 5.74) is 7.29. The van der Waals surface area contributed by atoms with Crippen molar-refractivity contribution in [1.82, 2.24) is 15.0 Å². The lowest BCUT2D eigenvalue weighted by Gasteiger charge is -2.38. The van der Waals surface area contributed by atoms with Crippen molar-refractivity contribution in [3.8, 4) is 5.88 Å². The summed E-state index contributed by atoms with van der Waals surface area (Å²) in [6.45, 7) is 4.53. The standard InChI is InChI=1S/C17H22N6O3S/c1-10(2)26-16-4-12(13(18)6-20-16)17(19)14-5-15(22-9-21-14)23-7-11(8-23)27(3,24)25/h4-6,9-11,19H,7-8,18H2,1-3H3. The first kappa shape index (κ1) is 19.0. The van der Waals surface area contributed by atoms with E-state index in [1.54, 1.807) is 12.1 Å². The summed E-state index contributed by atoms with van der Waals surface area (Å²) in [4.78, 5) is 14.3. The molecule has 2 aromatic heterocycles. The molecule has 0 spiro atoms. The van der Waals surface area contributed by atoms with Crippen LogP contribution in [0.25, 0.3) is 0 Å². The number of nitrogen functional groups attached to an aromatic ring is 1. The van der Waals surface area contributed by atoms with E-state index in [0.717, 1.165) is 0 Å². The van der Waals surface area contributed by atoms with Crippen molar-refractivity contribution in [2.45, 2.75) is 25.2 Å². The zero-order valence-corrected chi connectivity index (χ0v) is 16.2. The van der Waals surface area contributed by atoms with Crippen LogP contribution in [0.15, 0.2) is 24.7 Å². The molecular weight excluding hydrogens is 368 g/mol. The van der Waals surface area contributed by atoms with Crippen LogP contribution in [0, 0.1) is 5.41 Å². The van der Waals surface area contributed by atoms with Crippen LogP contribution in [-0.2, 0) is 9.84 Å². The Balaban J connectivity index is 1.82. The van der Waals surface area contributed by atoms with Crippen molar-refractivity contribution >= 4 is 27.1 Å². The van der Waals surface area contributed by atoms with E-state index in [0.29, 0.717) is 41.7 Å². The zero-order chi connectivity index (χ0) is 19.8. The molecule has 0 atom stereocenters. The number of ether oxygens (including phenoxy) is 1. The van der Waals surface area contributed by atoms with Crippen molar-refractivity contribution in [3.05, 3.63) is 35.9 Å². The lowest BCUT2D eigenvalue weighted by atomic mass is 10.1. The van der Waals surface area contributed by atoms with Crippen LogP contribution in [0.2, 0.25) is 0 Å². The second kappa shape index (κ2) is 7.10. The molecule has 27 heavy (non-hydrogen) atoms. The first-order valence-corrected chi connectivity index (χ1v) is 10.4. The summed E-state index contributed by atoms with van der Waals surface area (Å²) >= 11 is 0. The van der Waals surface area contributed by atoms with Gasteiger partial charge in [-0.05, 0) is 13.8 Å². The van der Waals surface area contributed by atoms with E-state index in [1.165, 1.54) is 18.8 Å². The SMILES string of the molecule is CC(C)Oc1cc(C(=N)c2cc(N3CC(S(C)(=O)=O)C3)ncn2)c(N)cn1. The van der Waals surface area contributed by atoms with Crippen LogP contribution in [0.5, 0.6) is 5.88 Å². The number of aromatic nitrogens is 3. The van der Waals surface area contributed by atoms with Crippen LogP contribution >= 0.6 is 0 Å². The van der Waals surface area contributed by atoms with Gasteiger partial charge in [0.1, 0.15) is 12.1 Å². The molecule has 1 aliphatic heterocycles. The molecule has 3 heterocycles. The summed E-state index contributed by atoms with van der Waals surface area (Å²) in [7, 11) is -3.06. The quantitative estimate of drug-likeness (QED) is 0.694. The van der Waals surface area contributed by atoms with E-state index in [2.05, 4.69) is 15.0 Å². The first-order chi connectivity index (χ1) is 12.6. The molecular formula is C17H22N6O3S. The van der Waals surface area contributed by atoms with E-state index < -0.39 is 9.84 Å². The van der Waals surface area contributed by atoms with E-state index in [9.17, 15) is 8.42 Å². The van der Waals surface area contributed by atoms with Gasteiger partial charge < -0.3 is 15.4 Å². The highest BCUT2D eigenvalue weighted by Gasteiger charge is 2.35. The molecule has 0 bridgehead atoms. The van der Waals surface area contributed by atoms with Gasteiger partial charge in [-0.15, -0.1) is 0 Å². The Morgan fingerprint density at radius 1 is 1.30 bits per heavy atom. The molecule has 3 N–H and O–H groups in total. The monoisotopic (exact) mass is 390 g/mol. The predicted molar refractivity (Wildman–Crippen MR) is 103 cm³/mol. The highest BCUT2D eigenvalue weighted by Crippen LogP contribution is 2.25. The third-order valence-corrected chi connectivity index (χ3v) is 5.73. The zero-order valence-electron chi connectivity index (χ0n) is 15.4. The van der Waals surface area contributed by atoms with Crippen LogP contribution in [0.3, 0.4) is 0 Å². The number of nitrogens with zero attached hydrogens (tertiary/aromatic N) is 4. The van der Waals surface area contributed by atoms with Crippen molar-refractivity contribution in [3.63, 3.8) is 0 Å². The second-order valence-electron chi connectivity index (χ2n) is 6.77. The number of pyridine rings is 1. The predicted octanol–water partition coefficient (Wildman–Crippen LogP) is 0.890. The number of sulfone groups is 1. The van der Waals surface area contributed by atoms with Gasteiger partial charge in [-0.2, -0.15) is 0 Å². The summed E-state index contributed by atoms with van der Waals surface area (Å²) in [5.74, 6) is 0.961. The van der Waals surface area contributed by atoms with Crippen molar-refractivity contribution in [1.29, 1.82) is 5.41 Å². The minimum atomic E-state index is -3.06. The summed E-state index contributed by atoms with van der Waals surface area (Å²) in [6.07, 6.45) is 3.99. The molecule has 1 fully saturated rings. The Labute approximate surface area is 158 Å². The fourth-order valence-electron chi connectivity index (χ4n) is 2.66. The number of nitrogens with two attached hydrogens (primary N) is 1. The number of hydrogen-bond acceptors (Lipinski definition) is 9. The minimum Gasteiger partial charge on any atom is -0.475 e. The third-order valence-electron chi connectivity index (χ3n) is 4.22. The molecule has 3 rings (SSSR count). The topological polar surface area (TPSA) is 135 Å². The van der Waals surface area contributed by atoms with Crippen molar-refractivity contribution in [2.75, 3.05) is 30.0 Å². The molecule has 0 unspecified atom stereocenters. The molecule has 9 nitrogen and oxygen atoms in total. The highest BCUT2D eigenvalue weighted by molar-refractivity contribution is 7.91. The van der Waals surface area contributed by atoms with E-state index in [4.69, 9.17) is 15.9 Å². The highest BCUT2D eigenvalue weighted by atomic mass is 32.2. The molecule has 10 heteroatoms. The molecule has 0 aliphatic carbocycles. The maximum Gasteiger partial charge on any atom is 0.214 e. The van der Waals surface area contributed by atoms with E-state index in [1.807, 2.05) is 18.7 Å². The lowest BCUT2D eigenvalue weighted by molar-refractivity contribution is 0.232. The normalized spacial score (nSPS) is 14.9. The van der Waals surface area contributed by atoms with Gasteiger partial charge in [0.25, 0.3) is 0 Å². The molecule has 1 saturated heterocycles. The maximum absolute atomic E-state index is 11.6. The lowest BCUT2D eigenvalue weighted by Crippen LogP contribution is -2.54. The second-order valence-corrected chi connectivity index (χ2v) is 9.10. The molecule has 144 valence electrons. The number of nitrogens with one attached hydrogen (secondary N) is 1. The summed E-state index contributed by atoms with van der Waals surface area (Å²) < 4.78 is 28.7. The summed E-state index contributed by atoms with van der Waals surface area (Å²) in [5, 5.41) is 8.09. The molecule has 0 amide bonds. The average Bonchev–Trinajstić information content (AvgIpc) is 2.53. The summed E-state index contributed by atoms with van der Waals surface area (Å²) in [6, 6.07) is 3.27. The number of hydrogen-bond donors (Lipinski definition) is 2. The minimum absolute atomic E-state index is 0.0528. The Morgan fingerprint density at radius 2 is 2.00 bits per heavy atom. The average molecular weight is 390 g/mol. The smallest absolute Gasteiger partial charge is 0.214 e. The largest absolute Gasteiger partial charge is 0.475 e. The van der Waals surface area contributed by atoms with E-state index >= 15 is 0 Å². The van der Waals surface area contributed by atoms with Crippen LogP contribution in [0.1, 0.15) is 25.1 Å². The van der Waals surface area contributed by atoms with Crippen LogP contribution in [-0.4, -0.2) is 59.8 Å². The Kier molecular flexibility index (Phi) is 5.01. The van der Waals surface area contributed by atoms with Gasteiger partial charge in [-0.3, -0.25) is 5.41 Å². The van der Waals surface area contributed by atoms with Crippen LogP contribution in [0.4, 0.5) is 11.5 Å². The molecule has 0 saturated carbocycles. The van der Waals surface area contributed by atoms with E-state index in [-0.39, 0.29) is 17.1 Å². The fraction of sp³-hybridized carbons (Fsp3) is 0.412. The van der Waals surface area contributed by atoms with Crippen molar-refractivity contribution in [2.24, 2.45) is 0 Å².